The molecule has 0 amide bonds. The summed E-state index contributed by atoms with van der Waals surface area (Å²) in [5.41, 5.74) is -0.414. The van der Waals surface area contributed by atoms with Crippen molar-refractivity contribution in [1.29, 1.82) is 5.26 Å². The van der Waals surface area contributed by atoms with Crippen LogP contribution in [0.1, 0.15) is 23.4 Å². The average Bonchev–Trinajstić information content (AvgIpc) is 2.16. The summed E-state index contributed by atoms with van der Waals surface area (Å²) in [5, 5.41) is 17.9. The van der Waals surface area contributed by atoms with E-state index < -0.39 is 17.9 Å². The number of aromatic nitrogens is 1. The minimum Gasteiger partial charge on any atom is -0.506 e. The highest BCUT2D eigenvalue weighted by molar-refractivity contribution is 9.08. The van der Waals surface area contributed by atoms with Crippen molar-refractivity contribution in [1.82, 2.24) is 4.98 Å². The van der Waals surface area contributed by atoms with E-state index in [0.717, 1.165) is 6.07 Å². The Morgan fingerprint density at radius 3 is 2.71 bits per heavy atom. The van der Waals surface area contributed by atoms with E-state index in [1.807, 2.05) is 0 Å². The molecule has 0 aliphatic rings. The van der Waals surface area contributed by atoms with E-state index in [4.69, 9.17) is 10.4 Å². The van der Waals surface area contributed by atoms with Crippen molar-refractivity contribution in [2.45, 2.75) is 11.8 Å². The standard InChI is InChI=1S/C8H5BrF2N2O/c9-2-5-4(3-12)1-6(14)7(13-5)8(10)11/h1,8,14H,2H2. The van der Waals surface area contributed by atoms with Gasteiger partial charge >= 0.3 is 0 Å². The van der Waals surface area contributed by atoms with Gasteiger partial charge in [0, 0.05) is 11.4 Å². The van der Waals surface area contributed by atoms with Crippen molar-refractivity contribution >= 4 is 15.9 Å². The maximum atomic E-state index is 12.3. The molecular weight excluding hydrogens is 258 g/mol. The molecule has 14 heavy (non-hydrogen) atoms. The maximum Gasteiger partial charge on any atom is 0.284 e. The second kappa shape index (κ2) is 4.33. The highest BCUT2D eigenvalue weighted by Gasteiger charge is 2.17. The molecule has 0 aromatic carbocycles. The Morgan fingerprint density at radius 2 is 2.29 bits per heavy atom. The summed E-state index contributed by atoms with van der Waals surface area (Å²) in [4.78, 5) is 3.49. The average molecular weight is 263 g/mol. The number of pyridine rings is 1. The quantitative estimate of drug-likeness (QED) is 0.834. The van der Waals surface area contributed by atoms with E-state index in [2.05, 4.69) is 20.9 Å². The van der Waals surface area contributed by atoms with Crippen molar-refractivity contribution in [3.05, 3.63) is 23.0 Å². The van der Waals surface area contributed by atoms with E-state index >= 15 is 0 Å². The molecule has 0 aliphatic carbocycles. The van der Waals surface area contributed by atoms with E-state index in [1.54, 1.807) is 6.07 Å². The number of hydrogen-bond acceptors (Lipinski definition) is 3. The largest absolute Gasteiger partial charge is 0.506 e. The summed E-state index contributed by atoms with van der Waals surface area (Å²) in [7, 11) is 0. The summed E-state index contributed by atoms with van der Waals surface area (Å²) in [6.07, 6.45) is -2.85. The number of halogens is 3. The van der Waals surface area contributed by atoms with Gasteiger partial charge in [0.25, 0.3) is 6.43 Å². The van der Waals surface area contributed by atoms with Crippen LogP contribution in [0.25, 0.3) is 0 Å². The van der Waals surface area contributed by atoms with Crippen LogP contribution in [0.5, 0.6) is 5.75 Å². The zero-order valence-corrected chi connectivity index (χ0v) is 8.42. The highest BCUT2D eigenvalue weighted by Crippen LogP contribution is 2.28. The first kappa shape index (κ1) is 10.9. The van der Waals surface area contributed by atoms with E-state index in [1.165, 1.54) is 0 Å². The van der Waals surface area contributed by atoms with Crippen LogP contribution >= 0.6 is 15.9 Å². The molecule has 3 nitrogen and oxygen atoms in total. The van der Waals surface area contributed by atoms with Gasteiger partial charge in [0.05, 0.1) is 11.3 Å². The van der Waals surface area contributed by atoms with Crippen LogP contribution in [0, 0.1) is 11.3 Å². The molecule has 0 saturated carbocycles. The first-order chi connectivity index (χ1) is 6.60. The minimum absolute atomic E-state index is 0.0868. The normalized spacial score (nSPS) is 10.2. The van der Waals surface area contributed by atoms with Gasteiger partial charge in [-0.05, 0) is 0 Å². The van der Waals surface area contributed by atoms with Crippen LogP contribution in [0.3, 0.4) is 0 Å². The molecule has 1 aromatic rings. The Morgan fingerprint density at radius 1 is 1.64 bits per heavy atom. The van der Waals surface area contributed by atoms with Gasteiger partial charge in [-0.2, -0.15) is 5.26 Å². The second-order valence-electron chi connectivity index (χ2n) is 2.43. The maximum absolute atomic E-state index is 12.3. The Hall–Kier alpha value is -1.22. The fourth-order valence-corrected chi connectivity index (χ4v) is 1.34. The van der Waals surface area contributed by atoms with Crippen molar-refractivity contribution < 1.29 is 13.9 Å². The van der Waals surface area contributed by atoms with Gasteiger partial charge in [-0.15, -0.1) is 0 Å². The molecule has 1 heterocycles. The third-order valence-electron chi connectivity index (χ3n) is 1.56. The lowest BCUT2D eigenvalue weighted by Crippen LogP contribution is -1.98. The number of aromatic hydroxyl groups is 1. The van der Waals surface area contributed by atoms with Gasteiger partial charge < -0.3 is 5.11 Å². The lowest BCUT2D eigenvalue weighted by molar-refractivity contribution is 0.141. The molecular formula is C8H5BrF2N2O. The van der Waals surface area contributed by atoms with Crippen LogP contribution in [-0.2, 0) is 5.33 Å². The Bertz CT molecular complexity index is 389. The van der Waals surface area contributed by atoms with Crippen LogP contribution in [0.4, 0.5) is 8.78 Å². The van der Waals surface area contributed by atoms with Gasteiger partial charge in [-0.3, -0.25) is 0 Å². The predicted octanol–water partition coefficient (Wildman–Crippen LogP) is 2.49. The van der Waals surface area contributed by atoms with Crippen molar-refractivity contribution in [2.24, 2.45) is 0 Å². The topological polar surface area (TPSA) is 56.9 Å². The molecule has 1 aromatic heterocycles. The van der Waals surface area contributed by atoms with E-state index in [0.29, 0.717) is 0 Å². The molecule has 0 bridgehead atoms. The zero-order chi connectivity index (χ0) is 10.7. The lowest BCUT2D eigenvalue weighted by Gasteiger charge is -2.05. The number of nitrogens with zero attached hydrogens (tertiary/aromatic N) is 2. The van der Waals surface area contributed by atoms with E-state index in [9.17, 15) is 8.78 Å². The zero-order valence-electron chi connectivity index (χ0n) is 6.84. The molecule has 1 rings (SSSR count). The minimum atomic E-state index is -2.85. The third-order valence-corrected chi connectivity index (χ3v) is 2.09. The first-order valence-corrected chi connectivity index (χ1v) is 4.69. The summed E-state index contributed by atoms with van der Waals surface area (Å²) in [6, 6.07) is 2.75. The van der Waals surface area contributed by atoms with Crippen LogP contribution in [-0.4, -0.2) is 10.1 Å². The van der Waals surface area contributed by atoms with Gasteiger partial charge in [-0.1, -0.05) is 15.9 Å². The Labute approximate surface area is 87.1 Å². The molecule has 6 heteroatoms. The van der Waals surface area contributed by atoms with Gasteiger partial charge in [0.2, 0.25) is 0 Å². The fraction of sp³-hybridized carbons (Fsp3) is 0.250. The van der Waals surface area contributed by atoms with Crippen molar-refractivity contribution in [2.75, 3.05) is 0 Å². The van der Waals surface area contributed by atoms with Crippen LogP contribution in [0.2, 0.25) is 0 Å². The van der Waals surface area contributed by atoms with Crippen LogP contribution < -0.4 is 0 Å². The molecule has 0 saturated heterocycles. The summed E-state index contributed by atoms with van der Waals surface area (Å²) in [6.45, 7) is 0. The lowest BCUT2D eigenvalue weighted by atomic mass is 10.2. The van der Waals surface area contributed by atoms with Gasteiger partial charge in [0.1, 0.15) is 17.5 Å². The van der Waals surface area contributed by atoms with Gasteiger partial charge in [0.15, 0.2) is 0 Å². The molecule has 74 valence electrons. The molecule has 0 spiro atoms. The van der Waals surface area contributed by atoms with Crippen molar-refractivity contribution in [3.8, 4) is 11.8 Å². The second-order valence-corrected chi connectivity index (χ2v) is 2.99. The van der Waals surface area contributed by atoms with E-state index in [-0.39, 0.29) is 16.6 Å². The van der Waals surface area contributed by atoms with Gasteiger partial charge in [-0.25, -0.2) is 13.8 Å². The fourth-order valence-electron chi connectivity index (χ4n) is 0.916. The van der Waals surface area contributed by atoms with Crippen LogP contribution in [0.15, 0.2) is 6.07 Å². The molecule has 1 N–H and O–H groups in total. The van der Waals surface area contributed by atoms with Crippen molar-refractivity contribution in [3.63, 3.8) is 0 Å². The number of rotatable bonds is 2. The molecule has 0 unspecified atom stereocenters. The Balaban J connectivity index is 3.32. The third kappa shape index (κ3) is 1.99. The summed E-state index contributed by atoms with van der Waals surface area (Å²) in [5.74, 6) is -0.652. The summed E-state index contributed by atoms with van der Waals surface area (Å²) >= 11 is 3.02. The molecule has 0 fully saturated rings. The monoisotopic (exact) mass is 262 g/mol. The number of alkyl halides is 3. The smallest absolute Gasteiger partial charge is 0.284 e. The predicted molar refractivity (Wildman–Crippen MR) is 48.2 cm³/mol. The molecule has 0 aliphatic heterocycles. The molecule has 0 radical (unpaired) electrons. The SMILES string of the molecule is N#Cc1cc(O)c(C(F)F)nc1CBr. The Kier molecular flexibility index (Phi) is 3.36. The first-order valence-electron chi connectivity index (χ1n) is 3.57. The summed E-state index contributed by atoms with van der Waals surface area (Å²) < 4.78 is 24.5. The molecule has 0 atom stereocenters. The highest BCUT2D eigenvalue weighted by atomic mass is 79.9. The number of nitriles is 1. The number of hydrogen-bond donors (Lipinski definition) is 1.